The Morgan fingerprint density at radius 3 is 2.65 bits per heavy atom. The van der Waals surface area contributed by atoms with Crippen molar-refractivity contribution in [3.63, 3.8) is 0 Å². The number of rotatable bonds is 4. The first-order valence-electron chi connectivity index (χ1n) is 6.25. The van der Waals surface area contributed by atoms with Crippen molar-refractivity contribution in [2.45, 2.75) is 26.3 Å². The summed E-state index contributed by atoms with van der Waals surface area (Å²) in [6.07, 6.45) is 1.27. The van der Waals surface area contributed by atoms with E-state index in [1.54, 1.807) is 6.07 Å². The average Bonchev–Trinajstić information content (AvgIpc) is 2.93. The van der Waals surface area contributed by atoms with Crippen molar-refractivity contribution in [1.82, 2.24) is 0 Å². The summed E-state index contributed by atoms with van der Waals surface area (Å²) in [5.41, 5.74) is 7.26. The number of hydrogen-bond acceptors (Lipinski definition) is 2. The molecule has 17 heavy (non-hydrogen) atoms. The lowest BCUT2D eigenvalue weighted by Gasteiger charge is -2.20. The van der Waals surface area contributed by atoms with Gasteiger partial charge in [-0.25, -0.2) is 4.39 Å². The minimum atomic E-state index is -0.171. The molecule has 94 valence electrons. The van der Waals surface area contributed by atoms with Crippen LogP contribution >= 0.6 is 0 Å². The van der Waals surface area contributed by atoms with Gasteiger partial charge in [0.1, 0.15) is 5.82 Å². The molecule has 1 aromatic carbocycles. The van der Waals surface area contributed by atoms with Crippen LogP contribution in [-0.4, -0.2) is 13.6 Å². The zero-order chi connectivity index (χ0) is 12.6. The van der Waals surface area contributed by atoms with Crippen molar-refractivity contribution in [2.75, 3.05) is 18.5 Å². The van der Waals surface area contributed by atoms with Crippen molar-refractivity contribution >= 4 is 5.69 Å². The molecule has 2 N–H and O–H groups in total. The number of nitrogens with two attached hydrogens (primary N) is 1. The predicted octanol–water partition coefficient (Wildman–Crippen LogP) is 2.94. The van der Waals surface area contributed by atoms with Crippen LogP contribution in [0.3, 0.4) is 0 Å². The molecular weight excluding hydrogens is 215 g/mol. The van der Waals surface area contributed by atoms with E-state index >= 15 is 0 Å². The van der Waals surface area contributed by atoms with E-state index in [9.17, 15) is 4.39 Å². The molecule has 0 amide bonds. The number of nitrogens with zero attached hydrogens (tertiary/aromatic N) is 1. The molecule has 1 aliphatic rings. The van der Waals surface area contributed by atoms with Gasteiger partial charge in [0.25, 0.3) is 0 Å². The van der Waals surface area contributed by atoms with Gasteiger partial charge in [-0.05, 0) is 42.9 Å². The van der Waals surface area contributed by atoms with Crippen LogP contribution in [-0.2, 0) is 0 Å². The lowest BCUT2D eigenvalue weighted by atomic mass is 10.1. The Labute approximate surface area is 103 Å². The molecule has 2 nitrogen and oxygen atoms in total. The Morgan fingerprint density at radius 1 is 1.53 bits per heavy atom. The summed E-state index contributed by atoms with van der Waals surface area (Å²) in [5, 5.41) is 0. The van der Waals surface area contributed by atoms with E-state index < -0.39 is 0 Å². The zero-order valence-electron chi connectivity index (χ0n) is 10.8. The molecule has 3 atom stereocenters. The van der Waals surface area contributed by atoms with E-state index in [1.807, 2.05) is 31.0 Å². The van der Waals surface area contributed by atoms with Gasteiger partial charge >= 0.3 is 0 Å². The molecule has 0 aromatic heterocycles. The van der Waals surface area contributed by atoms with Gasteiger partial charge < -0.3 is 10.6 Å². The standard InChI is InChI=1S/C14H21FN2/c1-9-6-12(9)8-17(3)14-5-4-11(10(2)16)7-13(14)15/h4-5,7,9-10,12H,6,8,16H2,1-3H3. The molecule has 1 aliphatic carbocycles. The minimum Gasteiger partial charge on any atom is -0.372 e. The molecule has 3 heteroatoms. The molecular formula is C14H21FN2. The summed E-state index contributed by atoms with van der Waals surface area (Å²) in [6.45, 7) is 5.05. The van der Waals surface area contributed by atoms with Crippen LogP contribution in [0.4, 0.5) is 10.1 Å². The minimum absolute atomic E-state index is 0.118. The maximum absolute atomic E-state index is 13.9. The van der Waals surface area contributed by atoms with Crippen LogP contribution in [0.2, 0.25) is 0 Å². The van der Waals surface area contributed by atoms with Gasteiger partial charge in [-0.3, -0.25) is 0 Å². The molecule has 0 bridgehead atoms. The first-order valence-corrected chi connectivity index (χ1v) is 6.25. The van der Waals surface area contributed by atoms with Gasteiger partial charge in [0.15, 0.2) is 0 Å². The Hall–Kier alpha value is -1.09. The largest absolute Gasteiger partial charge is 0.372 e. The molecule has 0 radical (unpaired) electrons. The van der Waals surface area contributed by atoms with Gasteiger partial charge in [-0.15, -0.1) is 0 Å². The summed E-state index contributed by atoms with van der Waals surface area (Å²) in [4.78, 5) is 2.01. The number of benzene rings is 1. The number of halogens is 1. The van der Waals surface area contributed by atoms with E-state index in [0.29, 0.717) is 5.69 Å². The van der Waals surface area contributed by atoms with Crippen LogP contribution in [0.5, 0.6) is 0 Å². The third-order valence-corrected chi connectivity index (χ3v) is 3.69. The fourth-order valence-corrected chi connectivity index (χ4v) is 2.22. The van der Waals surface area contributed by atoms with Crippen LogP contribution in [0.15, 0.2) is 18.2 Å². The highest BCUT2D eigenvalue weighted by molar-refractivity contribution is 5.49. The Morgan fingerprint density at radius 2 is 2.18 bits per heavy atom. The third kappa shape index (κ3) is 2.78. The van der Waals surface area contributed by atoms with Gasteiger partial charge in [0.2, 0.25) is 0 Å². The number of anilines is 1. The normalized spacial score (nSPS) is 24.5. The lowest BCUT2D eigenvalue weighted by Crippen LogP contribution is -2.21. The quantitative estimate of drug-likeness (QED) is 0.871. The van der Waals surface area contributed by atoms with Crippen LogP contribution < -0.4 is 10.6 Å². The van der Waals surface area contributed by atoms with Crippen LogP contribution in [0, 0.1) is 17.7 Å². The van der Waals surface area contributed by atoms with Crippen molar-refractivity contribution in [3.05, 3.63) is 29.6 Å². The topological polar surface area (TPSA) is 29.3 Å². The lowest BCUT2D eigenvalue weighted by molar-refractivity contribution is 0.611. The van der Waals surface area contributed by atoms with Gasteiger partial charge in [-0.1, -0.05) is 13.0 Å². The second-order valence-corrected chi connectivity index (χ2v) is 5.35. The molecule has 0 heterocycles. The average molecular weight is 236 g/mol. The molecule has 0 saturated heterocycles. The summed E-state index contributed by atoms with van der Waals surface area (Å²) in [6, 6.07) is 5.18. The Balaban J connectivity index is 2.09. The van der Waals surface area contributed by atoms with Crippen molar-refractivity contribution in [3.8, 4) is 0 Å². The highest BCUT2D eigenvalue weighted by atomic mass is 19.1. The molecule has 1 aromatic rings. The predicted molar refractivity (Wildman–Crippen MR) is 69.5 cm³/mol. The molecule has 1 fully saturated rings. The summed E-state index contributed by atoms with van der Waals surface area (Å²) in [7, 11) is 1.95. The van der Waals surface area contributed by atoms with E-state index in [1.165, 1.54) is 6.42 Å². The molecule has 0 aliphatic heterocycles. The summed E-state index contributed by atoms with van der Waals surface area (Å²) >= 11 is 0. The highest BCUT2D eigenvalue weighted by Crippen LogP contribution is 2.39. The van der Waals surface area contributed by atoms with Gasteiger partial charge in [0, 0.05) is 19.6 Å². The molecule has 1 saturated carbocycles. The van der Waals surface area contributed by atoms with Gasteiger partial charge in [-0.2, -0.15) is 0 Å². The zero-order valence-corrected chi connectivity index (χ0v) is 10.8. The fraction of sp³-hybridized carbons (Fsp3) is 0.571. The fourth-order valence-electron chi connectivity index (χ4n) is 2.22. The van der Waals surface area contributed by atoms with Crippen molar-refractivity contribution in [2.24, 2.45) is 17.6 Å². The molecule has 3 unspecified atom stereocenters. The highest BCUT2D eigenvalue weighted by Gasteiger charge is 2.33. The maximum Gasteiger partial charge on any atom is 0.146 e. The van der Waals surface area contributed by atoms with Gasteiger partial charge in [0.05, 0.1) is 5.69 Å². The summed E-state index contributed by atoms with van der Waals surface area (Å²) < 4.78 is 13.9. The van der Waals surface area contributed by atoms with Crippen molar-refractivity contribution in [1.29, 1.82) is 0 Å². The molecule has 0 spiro atoms. The van der Waals surface area contributed by atoms with E-state index in [4.69, 9.17) is 5.73 Å². The summed E-state index contributed by atoms with van der Waals surface area (Å²) in [5.74, 6) is 1.35. The third-order valence-electron chi connectivity index (χ3n) is 3.69. The Kier molecular flexibility index (Phi) is 3.38. The second kappa shape index (κ2) is 4.65. The monoisotopic (exact) mass is 236 g/mol. The number of hydrogen-bond donors (Lipinski definition) is 1. The van der Waals surface area contributed by atoms with Crippen LogP contribution in [0.25, 0.3) is 0 Å². The maximum atomic E-state index is 13.9. The van der Waals surface area contributed by atoms with Crippen molar-refractivity contribution < 1.29 is 4.39 Å². The molecule has 2 rings (SSSR count). The van der Waals surface area contributed by atoms with E-state index in [-0.39, 0.29) is 11.9 Å². The van der Waals surface area contributed by atoms with E-state index in [2.05, 4.69) is 6.92 Å². The smallest absolute Gasteiger partial charge is 0.146 e. The first kappa shape index (κ1) is 12.4. The van der Waals surface area contributed by atoms with E-state index in [0.717, 1.165) is 23.9 Å². The SMILES string of the molecule is CC(N)c1ccc(N(C)CC2CC2C)c(F)c1. The van der Waals surface area contributed by atoms with Crippen LogP contribution in [0.1, 0.15) is 31.9 Å². The second-order valence-electron chi connectivity index (χ2n) is 5.35. The first-order chi connectivity index (χ1) is 7.99. The Bertz CT molecular complexity index is 403.